The Hall–Kier alpha value is -5.06. The molecule has 0 atom stereocenters. The first-order valence-electron chi connectivity index (χ1n) is 9.52. The van der Waals surface area contributed by atoms with Gasteiger partial charge in [0, 0.05) is 18.6 Å². The van der Waals surface area contributed by atoms with Crippen molar-refractivity contribution in [3.05, 3.63) is 78.4 Å². The summed E-state index contributed by atoms with van der Waals surface area (Å²) in [6, 6.07) is 6.37. The van der Waals surface area contributed by atoms with Crippen LogP contribution in [0.2, 0.25) is 0 Å². The fraction of sp³-hybridized carbons (Fsp3) is 0.0500. The quantitative estimate of drug-likeness (QED) is 0.432. The summed E-state index contributed by atoms with van der Waals surface area (Å²) in [6.45, 7) is 0. The number of hydrogen-bond acceptors (Lipinski definition) is 7. The van der Waals surface area contributed by atoms with E-state index in [0.717, 1.165) is 11.0 Å². The van der Waals surface area contributed by atoms with E-state index in [1.54, 1.807) is 28.9 Å². The molecule has 34 heavy (non-hydrogen) atoms. The molecule has 1 N–H and O–H groups in total. The molecule has 5 aromatic heterocycles. The number of hydrogen-bond donors (Lipinski definition) is 1. The molecule has 5 rings (SSSR count). The minimum atomic E-state index is -4.92. The Labute approximate surface area is 187 Å². The van der Waals surface area contributed by atoms with Gasteiger partial charge in [0.15, 0.2) is 17.3 Å². The highest BCUT2D eigenvalue weighted by molar-refractivity contribution is 6.05. The number of nitrogens with zero attached hydrogens (tertiary/aromatic N) is 9. The van der Waals surface area contributed by atoms with E-state index in [4.69, 9.17) is 0 Å². The van der Waals surface area contributed by atoms with Gasteiger partial charge in [-0.2, -0.15) is 33.7 Å². The Morgan fingerprint density at radius 2 is 1.82 bits per heavy atom. The maximum absolute atomic E-state index is 14.0. The van der Waals surface area contributed by atoms with E-state index in [0.29, 0.717) is 10.2 Å². The van der Waals surface area contributed by atoms with Gasteiger partial charge in [0.25, 0.3) is 5.91 Å². The van der Waals surface area contributed by atoms with Gasteiger partial charge in [0.05, 0.1) is 41.6 Å². The number of nitrogens with one attached hydrogen (secondary N) is 1. The predicted octanol–water partition coefficient (Wildman–Crippen LogP) is 2.64. The van der Waals surface area contributed by atoms with Crippen LogP contribution in [0.15, 0.2) is 61.6 Å². The zero-order chi connectivity index (χ0) is 23.9. The maximum Gasteiger partial charge on any atom is 0.434 e. The van der Waals surface area contributed by atoms with E-state index < -0.39 is 23.3 Å². The second-order valence-electron chi connectivity index (χ2n) is 6.85. The van der Waals surface area contributed by atoms with Crippen molar-refractivity contribution >= 4 is 17.1 Å². The normalized spacial score (nSPS) is 11.5. The van der Waals surface area contributed by atoms with Crippen molar-refractivity contribution in [2.24, 2.45) is 0 Å². The number of carbonyl (C=O) groups is 1. The highest BCUT2D eigenvalue weighted by atomic mass is 19.4. The van der Waals surface area contributed by atoms with Crippen LogP contribution in [-0.2, 0) is 6.18 Å². The number of amides is 1. The lowest BCUT2D eigenvalue weighted by Crippen LogP contribution is -2.21. The molecular weight excluding hydrogens is 453 g/mol. The molecule has 0 aromatic carbocycles. The molecule has 0 aliphatic heterocycles. The first-order valence-corrected chi connectivity index (χ1v) is 9.52. The Morgan fingerprint density at radius 1 is 1.03 bits per heavy atom. The number of halogens is 3. The first kappa shape index (κ1) is 20.8. The molecule has 14 heteroatoms. The van der Waals surface area contributed by atoms with Gasteiger partial charge in [0.1, 0.15) is 11.6 Å². The molecule has 0 unspecified atom stereocenters. The lowest BCUT2D eigenvalue weighted by Gasteiger charge is -2.13. The Balaban J connectivity index is 1.53. The highest BCUT2D eigenvalue weighted by Gasteiger charge is 2.41. The van der Waals surface area contributed by atoms with Gasteiger partial charge in [-0.05, 0) is 18.2 Å². The topological polar surface area (TPSA) is 132 Å². The predicted molar refractivity (Wildman–Crippen MR) is 109 cm³/mol. The first-order chi connectivity index (χ1) is 16.4. The van der Waals surface area contributed by atoms with Crippen LogP contribution in [-0.4, -0.2) is 45.1 Å². The van der Waals surface area contributed by atoms with Crippen molar-refractivity contribution in [2.45, 2.75) is 6.18 Å². The van der Waals surface area contributed by atoms with Gasteiger partial charge in [-0.15, -0.1) is 4.80 Å². The van der Waals surface area contributed by atoms with Crippen molar-refractivity contribution in [1.29, 1.82) is 5.26 Å². The van der Waals surface area contributed by atoms with Crippen LogP contribution in [0.5, 0.6) is 0 Å². The minimum absolute atomic E-state index is 0.00449. The largest absolute Gasteiger partial charge is 0.434 e. The molecule has 0 radical (unpaired) electrons. The SMILES string of the molecule is N#Cc1cc(NC(=O)c2cnn(-c3nccn4cccc34)c2C(F)(F)F)cnc1-n1nccn1. The Bertz CT molecular complexity index is 1560. The summed E-state index contributed by atoms with van der Waals surface area (Å²) in [5.74, 6) is -1.08. The Kier molecular flexibility index (Phi) is 4.79. The average Bonchev–Trinajstić information content (AvgIpc) is 3.58. The number of pyridine rings is 1. The zero-order valence-corrected chi connectivity index (χ0v) is 16.8. The third kappa shape index (κ3) is 3.50. The number of aromatic nitrogens is 8. The smallest absolute Gasteiger partial charge is 0.320 e. The number of carbonyl (C=O) groups excluding carboxylic acids is 1. The average molecular weight is 464 g/mol. The van der Waals surface area contributed by atoms with Crippen LogP contribution >= 0.6 is 0 Å². The molecule has 0 saturated heterocycles. The van der Waals surface area contributed by atoms with Crippen LogP contribution in [0.1, 0.15) is 21.6 Å². The van der Waals surface area contributed by atoms with E-state index in [1.165, 1.54) is 30.9 Å². The minimum Gasteiger partial charge on any atom is -0.320 e. The molecule has 0 fully saturated rings. The number of anilines is 1. The molecule has 0 saturated carbocycles. The standard InChI is InChI=1S/C20H11F3N10O/c21-20(22,23)16-14(11-29-32(16)18-15-2-1-6-31(15)7-5-25-18)19(34)30-13-8-12(9-24)17(26-10-13)33-27-3-4-28-33/h1-8,10-11H,(H,30,34). The van der Waals surface area contributed by atoms with Gasteiger partial charge in [-0.1, -0.05) is 0 Å². The third-order valence-electron chi connectivity index (χ3n) is 4.77. The van der Waals surface area contributed by atoms with Gasteiger partial charge in [-0.25, -0.2) is 14.6 Å². The molecule has 0 aliphatic rings. The summed E-state index contributed by atoms with van der Waals surface area (Å²) in [6.07, 6.45) is 4.39. The van der Waals surface area contributed by atoms with Crippen LogP contribution in [0.25, 0.3) is 17.2 Å². The molecule has 5 aromatic rings. The molecule has 168 valence electrons. The van der Waals surface area contributed by atoms with Crippen LogP contribution in [0.3, 0.4) is 0 Å². The lowest BCUT2D eigenvalue weighted by molar-refractivity contribution is -0.143. The summed E-state index contributed by atoms with van der Waals surface area (Å²) in [5, 5.41) is 23.3. The fourth-order valence-electron chi connectivity index (χ4n) is 3.36. The van der Waals surface area contributed by atoms with Crippen molar-refractivity contribution in [3.63, 3.8) is 0 Å². The van der Waals surface area contributed by atoms with Gasteiger partial charge < -0.3 is 9.72 Å². The van der Waals surface area contributed by atoms with E-state index in [9.17, 15) is 23.2 Å². The third-order valence-corrected chi connectivity index (χ3v) is 4.77. The second-order valence-corrected chi connectivity index (χ2v) is 6.85. The maximum atomic E-state index is 14.0. The summed E-state index contributed by atoms with van der Waals surface area (Å²) in [4.78, 5) is 22.0. The van der Waals surface area contributed by atoms with Crippen molar-refractivity contribution in [1.82, 2.24) is 39.1 Å². The van der Waals surface area contributed by atoms with E-state index in [-0.39, 0.29) is 22.9 Å². The molecular formula is C20H11F3N10O. The van der Waals surface area contributed by atoms with Crippen molar-refractivity contribution in [3.8, 4) is 17.7 Å². The van der Waals surface area contributed by atoms with Crippen molar-refractivity contribution < 1.29 is 18.0 Å². The van der Waals surface area contributed by atoms with E-state index in [1.807, 2.05) is 6.07 Å². The van der Waals surface area contributed by atoms with Crippen LogP contribution in [0.4, 0.5) is 18.9 Å². The number of fused-ring (bicyclic) bond motifs is 1. The molecule has 0 spiro atoms. The van der Waals surface area contributed by atoms with Crippen molar-refractivity contribution in [2.75, 3.05) is 5.32 Å². The molecule has 1 amide bonds. The summed E-state index contributed by atoms with van der Waals surface area (Å²) < 4.78 is 44.3. The van der Waals surface area contributed by atoms with Crippen LogP contribution in [0, 0.1) is 11.3 Å². The monoisotopic (exact) mass is 464 g/mol. The fourth-order valence-corrected chi connectivity index (χ4v) is 3.36. The zero-order valence-electron chi connectivity index (χ0n) is 16.8. The van der Waals surface area contributed by atoms with Gasteiger partial charge >= 0.3 is 6.18 Å². The molecule has 0 bridgehead atoms. The number of rotatable bonds is 4. The van der Waals surface area contributed by atoms with Gasteiger partial charge in [-0.3, -0.25) is 4.79 Å². The summed E-state index contributed by atoms with van der Waals surface area (Å²) >= 11 is 0. The molecule has 0 aliphatic carbocycles. The summed E-state index contributed by atoms with van der Waals surface area (Å²) in [5.41, 5.74) is -1.64. The molecule has 5 heterocycles. The number of alkyl halides is 3. The summed E-state index contributed by atoms with van der Waals surface area (Å²) in [7, 11) is 0. The van der Waals surface area contributed by atoms with Crippen LogP contribution < -0.4 is 5.32 Å². The second kappa shape index (κ2) is 7.81. The highest BCUT2D eigenvalue weighted by Crippen LogP contribution is 2.34. The van der Waals surface area contributed by atoms with Gasteiger partial charge in [0.2, 0.25) is 0 Å². The molecule has 11 nitrogen and oxygen atoms in total. The van der Waals surface area contributed by atoms with E-state index in [2.05, 4.69) is 30.6 Å². The Morgan fingerprint density at radius 3 is 2.56 bits per heavy atom. The lowest BCUT2D eigenvalue weighted by atomic mass is 10.2. The number of nitriles is 1. The van der Waals surface area contributed by atoms with E-state index >= 15 is 0 Å².